The van der Waals surface area contributed by atoms with E-state index in [9.17, 15) is 9.90 Å². The lowest BCUT2D eigenvalue weighted by molar-refractivity contribution is -0.124. The first kappa shape index (κ1) is 13.9. The Morgan fingerprint density at radius 3 is 2.84 bits per heavy atom. The van der Waals surface area contributed by atoms with Crippen LogP contribution in [0.3, 0.4) is 0 Å². The molecule has 2 rings (SSSR count). The summed E-state index contributed by atoms with van der Waals surface area (Å²) in [5.74, 6) is 0.0127. The maximum Gasteiger partial charge on any atom is 0.243 e. The van der Waals surface area contributed by atoms with Crippen LogP contribution in [0.4, 0.5) is 5.69 Å². The smallest absolute Gasteiger partial charge is 0.243 e. The Morgan fingerprint density at radius 1 is 1.42 bits per heavy atom. The number of anilines is 1. The summed E-state index contributed by atoms with van der Waals surface area (Å²) in [5, 5.41) is 12.1. The van der Waals surface area contributed by atoms with Gasteiger partial charge in [0.25, 0.3) is 0 Å². The zero-order chi connectivity index (χ0) is 13.8. The highest BCUT2D eigenvalue weighted by Gasteiger charge is 2.33. The molecular formula is C15H22N2O2. The second-order valence-electron chi connectivity index (χ2n) is 5.07. The summed E-state index contributed by atoms with van der Waals surface area (Å²) in [7, 11) is 0. The standard InChI is InChI=1S/C15H22N2O2/c1-3-12-6-4-5-7-13(12)17-10-11(2)16-15(19)14(17)8-9-18/h4-7,11,14,18H,3,8-10H2,1-2H3,(H,16,19). The van der Waals surface area contributed by atoms with Crippen molar-refractivity contribution in [3.63, 3.8) is 0 Å². The van der Waals surface area contributed by atoms with E-state index in [-0.39, 0.29) is 24.6 Å². The van der Waals surface area contributed by atoms with Crippen molar-refractivity contribution in [1.29, 1.82) is 0 Å². The van der Waals surface area contributed by atoms with E-state index < -0.39 is 0 Å². The fourth-order valence-electron chi connectivity index (χ4n) is 2.71. The molecule has 0 aliphatic carbocycles. The largest absolute Gasteiger partial charge is 0.396 e. The summed E-state index contributed by atoms with van der Waals surface area (Å²) in [5.41, 5.74) is 2.36. The molecule has 4 heteroatoms. The minimum absolute atomic E-state index is 0.0127. The quantitative estimate of drug-likeness (QED) is 0.860. The minimum Gasteiger partial charge on any atom is -0.396 e. The van der Waals surface area contributed by atoms with Gasteiger partial charge in [0, 0.05) is 24.9 Å². The van der Waals surface area contributed by atoms with Gasteiger partial charge in [0.05, 0.1) is 0 Å². The molecule has 1 aromatic rings. The molecule has 1 aliphatic rings. The van der Waals surface area contributed by atoms with Crippen LogP contribution in [0, 0.1) is 0 Å². The maximum absolute atomic E-state index is 12.1. The third kappa shape index (κ3) is 2.89. The van der Waals surface area contributed by atoms with Crippen LogP contribution in [0.25, 0.3) is 0 Å². The fourth-order valence-corrected chi connectivity index (χ4v) is 2.71. The first-order valence-corrected chi connectivity index (χ1v) is 6.93. The van der Waals surface area contributed by atoms with Gasteiger partial charge in [0.15, 0.2) is 0 Å². The van der Waals surface area contributed by atoms with E-state index in [2.05, 4.69) is 29.3 Å². The van der Waals surface area contributed by atoms with Crippen LogP contribution in [-0.4, -0.2) is 36.2 Å². The third-order valence-electron chi connectivity index (χ3n) is 3.62. The first-order valence-electron chi connectivity index (χ1n) is 6.93. The molecule has 1 amide bonds. The van der Waals surface area contributed by atoms with E-state index >= 15 is 0 Å². The molecular weight excluding hydrogens is 240 g/mol. The Labute approximate surface area is 114 Å². The number of carbonyl (C=O) groups is 1. The Kier molecular flexibility index (Phi) is 4.43. The average molecular weight is 262 g/mol. The molecule has 1 aliphatic heterocycles. The zero-order valence-corrected chi connectivity index (χ0v) is 11.6. The molecule has 2 atom stereocenters. The third-order valence-corrected chi connectivity index (χ3v) is 3.62. The zero-order valence-electron chi connectivity index (χ0n) is 11.6. The van der Waals surface area contributed by atoms with Gasteiger partial charge >= 0.3 is 0 Å². The van der Waals surface area contributed by atoms with Crippen molar-refractivity contribution >= 4 is 11.6 Å². The lowest BCUT2D eigenvalue weighted by atomic mass is 10.0. The normalized spacial score (nSPS) is 23.3. The Hall–Kier alpha value is -1.55. The summed E-state index contributed by atoms with van der Waals surface area (Å²) in [6, 6.07) is 8.05. The van der Waals surface area contributed by atoms with Crippen molar-refractivity contribution < 1.29 is 9.90 Å². The van der Waals surface area contributed by atoms with Gasteiger partial charge in [-0.15, -0.1) is 0 Å². The number of nitrogens with zero attached hydrogens (tertiary/aromatic N) is 1. The lowest BCUT2D eigenvalue weighted by Crippen LogP contribution is -2.59. The van der Waals surface area contributed by atoms with Gasteiger partial charge in [-0.25, -0.2) is 0 Å². The Balaban J connectivity index is 2.34. The highest BCUT2D eigenvalue weighted by molar-refractivity contribution is 5.87. The molecule has 19 heavy (non-hydrogen) atoms. The van der Waals surface area contributed by atoms with Gasteiger partial charge in [0.1, 0.15) is 6.04 Å². The van der Waals surface area contributed by atoms with Crippen molar-refractivity contribution in [2.75, 3.05) is 18.1 Å². The number of carbonyl (C=O) groups excluding carboxylic acids is 1. The summed E-state index contributed by atoms with van der Waals surface area (Å²) in [6.45, 7) is 4.94. The van der Waals surface area contributed by atoms with Crippen LogP contribution < -0.4 is 10.2 Å². The molecule has 0 aromatic heterocycles. The summed E-state index contributed by atoms with van der Waals surface area (Å²) in [4.78, 5) is 14.3. The van der Waals surface area contributed by atoms with Crippen LogP contribution in [0.1, 0.15) is 25.8 Å². The second kappa shape index (κ2) is 6.06. The van der Waals surface area contributed by atoms with Gasteiger partial charge < -0.3 is 15.3 Å². The molecule has 0 saturated carbocycles. The van der Waals surface area contributed by atoms with Crippen molar-refractivity contribution in [3.8, 4) is 0 Å². The number of aliphatic hydroxyl groups excluding tert-OH is 1. The van der Waals surface area contributed by atoms with E-state index in [1.54, 1.807) is 0 Å². The Bertz CT molecular complexity index is 448. The van der Waals surface area contributed by atoms with Gasteiger partial charge in [-0.3, -0.25) is 4.79 Å². The van der Waals surface area contributed by atoms with Crippen LogP contribution in [0.15, 0.2) is 24.3 Å². The van der Waals surface area contributed by atoms with Gasteiger partial charge in [0.2, 0.25) is 5.91 Å². The van der Waals surface area contributed by atoms with E-state index in [1.165, 1.54) is 5.56 Å². The molecule has 2 unspecified atom stereocenters. The number of aliphatic hydroxyl groups is 1. The van der Waals surface area contributed by atoms with Crippen molar-refractivity contribution in [1.82, 2.24) is 5.32 Å². The number of para-hydroxylation sites is 1. The number of aryl methyl sites for hydroxylation is 1. The van der Waals surface area contributed by atoms with Gasteiger partial charge in [-0.1, -0.05) is 25.1 Å². The monoisotopic (exact) mass is 262 g/mol. The fraction of sp³-hybridized carbons (Fsp3) is 0.533. The topological polar surface area (TPSA) is 52.6 Å². The number of hydrogen-bond acceptors (Lipinski definition) is 3. The van der Waals surface area contributed by atoms with Crippen molar-refractivity contribution in [2.45, 2.75) is 38.8 Å². The molecule has 0 radical (unpaired) electrons. The number of piperazine rings is 1. The molecule has 104 valence electrons. The molecule has 2 N–H and O–H groups in total. The lowest BCUT2D eigenvalue weighted by Gasteiger charge is -2.40. The van der Waals surface area contributed by atoms with Crippen LogP contribution in [0.5, 0.6) is 0 Å². The molecule has 0 spiro atoms. The number of amides is 1. The Morgan fingerprint density at radius 2 is 2.16 bits per heavy atom. The highest BCUT2D eigenvalue weighted by Crippen LogP contribution is 2.26. The predicted molar refractivity (Wildman–Crippen MR) is 76.3 cm³/mol. The second-order valence-corrected chi connectivity index (χ2v) is 5.07. The van der Waals surface area contributed by atoms with Crippen LogP contribution in [0.2, 0.25) is 0 Å². The van der Waals surface area contributed by atoms with Gasteiger partial charge in [-0.05, 0) is 31.4 Å². The van der Waals surface area contributed by atoms with Crippen molar-refractivity contribution in [3.05, 3.63) is 29.8 Å². The number of hydrogen-bond donors (Lipinski definition) is 2. The van der Waals surface area contributed by atoms with E-state index in [0.717, 1.165) is 18.7 Å². The highest BCUT2D eigenvalue weighted by atomic mass is 16.3. The van der Waals surface area contributed by atoms with Gasteiger partial charge in [-0.2, -0.15) is 0 Å². The molecule has 4 nitrogen and oxygen atoms in total. The summed E-state index contributed by atoms with van der Waals surface area (Å²) >= 11 is 0. The van der Waals surface area contributed by atoms with E-state index in [4.69, 9.17) is 0 Å². The summed E-state index contributed by atoms with van der Waals surface area (Å²) < 4.78 is 0. The molecule has 1 heterocycles. The SMILES string of the molecule is CCc1ccccc1N1CC(C)NC(=O)C1CCO. The first-order chi connectivity index (χ1) is 9.17. The molecule has 0 bridgehead atoms. The number of benzene rings is 1. The maximum atomic E-state index is 12.1. The summed E-state index contributed by atoms with van der Waals surface area (Å²) in [6.07, 6.45) is 1.41. The number of nitrogens with one attached hydrogen (secondary N) is 1. The van der Waals surface area contributed by atoms with E-state index in [0.29, 0.717) is 6.42 Å². The minimum atomic E-state index is -0.270. The predicted octanol–water partition coefficient (Wildman–Crippen LogP) is 1.32. The molecule has 1 saturated heterocycles. The molecule has 1 fully saturated rings. The average Bonchev–Trinajstić information content (AvgIpc) is 2.41. The van der Waals surface area contributed by atoms with E-state index in [1.807, 2.05) is 19.1 Å². The van der Waals surface area contributed by atoms with Crippen molar-refractivity contribution in [2.24, 2.45) is 0 Å². The number of rotatable bonds is 4. The van der Waals surface area contributed by atoms with Crippen LogP contribution in [-0.2, 0) is 11.2 Å². The van der Waals surface area contributed by atoms with Crippen LogP contribution >= 0.6 is 0 Å². The molecule has 1 aromatic carbocycles.